The summed E-state index contributed by atoms with van der Waals surface area (Å²) in [5.74, 6) is 0.294. The minimum absolute atomic E-state index is 0. The quantitative estimate of drug-likeness (QED) is 0.833. The molecule has 5 nitrogen and oxygen atoms in total. The molecule has 2 N–H and O–H groups in total. The fraction of sp³-hybridized carbons (Fsp3) is 0.938. The van der Waals surface area contributed by atoms with Gasteiger partial charge in [0.05, 0.1) is 12.2 Å². The maximum absolute atomic E-state index is 13.1. The van der Waals surface area contributed by atoms with E-state index >= 15 is 0 Å². The zero-order chi connectivity index (χ0) is 15.3. The number of carbonyl (C=O) groups excluding carboxylic acids is 1. The van der Waals surface area contributed by atoms with Crippen molar-refractivity contribution in [1.82, 2.24) is 4.90 Å². The van der Waals surface area contributed by atoms with Crippen molar-refractivity contribution >= 4 is 18.3 Å². The number of likely N-dealkylation sites (tertiary alicyclic amines) is 1. The number of piperidine rings is 1. The molecule has 0 aromatic heterocycles. The molecule has 0 aromatic rings. The predicted octanol–water partition coefficient (Wildman–Crippen LogP) is 1.58. The van der Waals surface area contributed by atoms with Crippen molar-refractivity contribution in [2.75, 3.05) is 26.8 Å². The highest BCUT2D eigenvalue weighted by atomic mass is 35.5. The van der Waals surface area contributed by atoms with Gasteiger partial charge in [-0.2, -0.15) is 0 Å². The monoisotopic (exact) mass is 332 g/mol. The van der Waals surface area contributed by atoms with Gasteiger partial charge in [-0.15, -0.1) is 12.4 Å². The zero-order valence-corrected chi connectivity index (χ0v) is 14.7. The fourth-order valence-electron chi connectivity index (χ4n) is 4.57. The molecule has 3 aliphatic rings. The molecule has 0 bridgehead atoms. The van der Waals surface area contributed by atoms with Crippen LogP contribution in [0.15, 0.2) is 0 Å². The maximum atomic E-state index is 13.1. The highest BCUT2D eigenvalue weighted by Crippen LogP contribution is 2.58. The molecule has 2 aliphatic heterocycles. The number of fused-ring (bicyclic) bond motifs is 1. The third-order valence-corrected chi connectivity index (χ3v) is 6.10. The summed E-state index contributed by atoms with van der Waals surface area (Å²) in [5, 5.41) is 0. The lowest BCUT2D eigenvalue weighted by molar-refractivity contribution is -0.230. The normalized spacial score (nSPS) is 37.7. The van der Waals surface area contributed by atoms with Gasteiger partial charge in [0.1, 0.15) is 5.54 Å². The summed E-state index contributed by atoms with van der Waals surface area (Å²) >= 11 is 0. The summed E-state index contributed by atoms with van der Waals surface area (Å²) in [6, 6.07) is 0. The minimum atomic E-state index is -0.766. The standard InChI is InChI=1S/C16H28N2O3.ClH/c1-15(2)13-12(5-4-10-21-13)16(15,17)14(19)18-8-6-11(20-3)7-9-18;/h11-13H,4-10,17H2,1-3H3;1H. The molecule has 2 heterocycles. The molecule has 0 radical (unpaired) electrons. The molecule has 2 saturated heterocycles. The van der Waals surface area contributed by atoms with Crippen LogP contribution in [0.5, 0.6) is 0 Å². The van der Waals surface area contributed by atoms with Crippen LogP contribution in [0.1, 0.15) is 39.5 Å². The Morgan fingerprint density at radius 1 is 1.27 bits per heavy atom. The average Bonchev–Trinajstić information content (AvgIpc) is 2.53. The van der Waals surface area contributed by atoms with Crippen LogP contribution in [0.2, 0.25) is 0 Å². The van der Waals surface area contributed by atoms with Crippen LogP contribution in [0, 0.1) is 11.3 Å². The molecule has 3 fully saturated rings. The lowest BCUT2D eigenvalue weighted by Gasteiger charge is -2.66. The molecule has 128 valence electrons. The molecule has 1 saturated carbocycles. The van der Waals surface area contributed by atoms with Crippen molar-refractivity contribution in [3.8, 4) is 0 Å². The second-order valence-electron chi connectivity index (χ2n) is 7.36. The van der Waals surface area contributed by atoms with E-state index in [1.807, 2.05) is 4.90 Å². The number of ether oxygens (including phenoxy) is 2. The number of hydrogen-bond donors (Lipinski definition) is 1. The van der Waals surface area contributed by atoms with Crippen LogP contribution in [-0.2, 0) is 14.3 Å². The summed E-state index contributed by atoms with van der Waals surface area (Å²) in [6.07, 6.45) is 4.24. The Hall–Kier alpha value is -0.360. The van der Waals surface area contributed by atoms with Crippen molar-refractivity contribution in [3.63, 3.8) is 0 Å². The molecule has 3 atom stereocenters. The summed E-state index contributed by atoms with van der Waals surface area (Å²) in [7, 11) is 1.74. The van der Waals surface area contributed by atoms with Gasteiger partial charge in [-0.05, 0) is 25.7 Å². The summed E-state index contributed by atoms with van der Waals surface area (Å²) in [6.45, 7) is 6.47. The van der Waals surface area contributed by atoms with Crippen molar-refractivity contribution in [2.24, 2.45) is 17.1 Å². The lowest BCUT2D eigenvalue weighted by atomic mass is 9.46. The van der Waals surface area contributed by atoms with Gasteiger partial charge in [-0.25, -0.2) is 0 Å². The van der Waals surface area contributed by atoms with Gasteiger partial charge in [-0.1, -0.05) is 13.8 Å². The Balaban J connectivity index is 0.00000176. The predicted molar refractivity (Wildman–Crippen MR) is 87.0 cm³/mol. The third kappa shape index (κ3) is 2.37. The number of methoxy groups -OCH3 is 1. The van der Waals surface area contributed by atoms with Crippen molar-refractivity contribution in [1.29, 1.82) is 0 Å². The number of rotatable bonds is 2. The highest BCUT2D eigenvalue weighted by Gasteiger charge is 2.70. The molecule has 6 heteroatoms. The van der Waals surface area contributed by atoms with Crippen LogP contribution in [0.3, 0.4) is 0 Å². The molecule has 1 amide bonds. The minimum Gasteiger partial charge on any atom is -0.381 e. The van der Waals surface area contributed by atoms with Gasteiger partial charge in [-0.3, -0.25) is 4.79 Å². The maximum Gasteiger partial charge on any atom is 0.243 e. The van der Waals surface area contributed by atoms with Crippen molar-refractivity contribution in [2.45, 2.75) is 57.3 Å². The van der Waals surface area contributed by atoms with E-state index in [0.717, 1.165) is 45.4 Å². The van der Waals surface area contributed by atoms with Crippen LogP contribution in [0.4, 0.5) is 0 Å². The van der Waals surface area contributed by atoms with E-state index in [1.54, 1.807) is 7.11 Å². The van der Waals surface area contributed by atoms with Crippen molar-refractivity contribution < 1.29 is 14.3 Å². The molecule has 3 unspecified atom stereocenters. The van der Waals surface area contributed by atoms with E-state index in [4.69, 9.17) is 15.2 Å². The van der Waals surface area contributed by atoms with E-state index in [1.165, 1.54) is 0 Å². The van der Waals surface area contributed by atoms with Gasteiger partial charge in [0.15, 0.2) is 0 Å². The van der Waals surface area contributed by atoms with Gasteiger partial charge in [0.2, 0.25) is 5.91 Å². The van der Waals surface area contributed by atoms with Gasteiger partial charge in [0, 0.05) is 38.1 Å². The smallest absolute Gasteiger partial charge is 0.243 e. The van der Waals surface area contributed by atoms with Crippen LogP contribution >= 0.6 is 12.4 Å². The second-order valence-corrected chi connectivity index (χ2v) is 7.36. The van der Waals surface area contributed by atoms with Gasteiger partial charge >= 0.3 is 0 Å². The van der Waals surface area contributed by atoms with Gasteiger partial charge in [0.25, 0.3) is 0 Å². The van der Waals surface area contributed by atoms with Crippen LogP contribution in [0.25, 0.3) is 0 Å². The number of nitrogens with two attached hydrogens (primary N) is 1. The molecule has 1 aliphatic carbocycles. The molecular weight excluding hydrogens is 304 g/mol. The fourth-order valence-corrected chi connectivity index (χ4v) is 4.57. The first-order chi connectivity index (χ1) is 9.92. The number of carbonyl (C=O) groups is 1. The number of halogens is 1. The Morgan fingerprint density at radius 3 is 2.50 bits per heavy atom. The Morgan fingerprint density at radius 2 is 1.91 bits per heavy atom. The zero-order valence-electron chi connectivity index (χ0n) is 13.8. The second kappa shape index (κ2) is 6.27. The molecular formula is C16H29ClN2O3. The Labute approximate surface area is 139 Å². The molecule has 22 heavy (non-hydrogen) atoms. The first-order valence-electron chi connectivity index (χ1n) is 8.15. The largest absolute Gasteiger partial charge is 0.381 e. The highest BCUT2D eigenvalue weighted by molar-refractivity contribution is 5.89. The SMILES string of the molecule is COC1CCN(C(=O)C2(N)C3CCCOC3C2(C)C)CC1.Cl. The summed E-state index contributed by atoms with van der Waals surface area (Å²) < 4.78 is 11.3. The molecule has 3 rings (SSSR count). The summed E-state index contributed by atoms with van der Waals surface area (Å²) in [4.78, 5) is 15.0. The molecule has 0 spiro atoms. The van der Waals surface area contributed by atoms with E-state index in [-0.39, 0.29) is 41.9 Å². The third-order valence-electron chi connectivity index (χ3n) is 6.10. The molecule has 0 aromatic carbocycles. The number of amides is 1. The number of hydrogen-bond acceptors (Lipinski definition) is 4. The summed E-state index contributed by atoms with van der Waals surface area (Å²) in [5.41, 5.74) is 5.62. The lowest BCUT2D eigenvalue weighted by Crippen LogP contribution is -2.82. The van der Waals surface area contributed by atoms with Crippen molar-refractivity contribution in [3.05, 3.63) is 0 Å². The Kier molecular flexibility index (Phi) is 5.12. The van der Waals surface area contributed by atoms with E-state index in [2.05, 4.69) is 13.8 Å². The van der Waals surface area contributed by atoms with E-state index < -0.39 is 5.54 Å². The topological polar surface area (TPSA) is 64.8 Å². The number of nitrogens with zero attached hydrogens (tertiary/aromatic N) is 1. The average molecular weight is 333 g/mol. The van der Waals surface area contributed by atoms with E-state index in [9.17, 15) is 4.79 Å². The Bertz CT molecular complexity index is 424. The van der Waals surface area contributed by atoms with Crippen LogP contribution < -0.4 is 5.73 Å². The van der Waals surface area contributed by atoms with Gasteiger partial charge < -0.3 is 20.1 Å². The van der Waals surface area contributed by atoms with E-state index in [0.29, 0.717) is 0 Å². The first-order valence-corrected chi connectivity index (χ1v) is 8.15. The first kappa shape index (κ1) is 18.0. The van der Waals surface area contributed by atoms with Crippen LogP contribution in [-0.4, -0.2) is 55.4 Å².